The normalized spacial score (nSPS) is 15.2. The Balaban J connectivity index is 0.00000261. The lowest BCUT2D eigenvalue weighted by Crippen LogP contribution is -2.49. The van der Waals surface area contributed by atoms with Crippen molar-refractivity contribution in [2.24, 2.45) is 4.99 Å². The molecule has 2 N–H and O–H groups in total. The summed E-state index contributed by atoms with van der Waals surface area (Å²) in [5, 5.41) is 14.9. The number of rotatable bonds is 4. The fourth-order valence-corrected chi connectivity index (χ4v) is 3.07. The molecule has 1 aromatic carbocycles. The lowest BCUT2D eigenvalue weighted by atomic mass is 10.1. The number of para-hydroxylation sites is 1. The molecule has 1 amide bonds. The van der Waals surface area contributed by atoms with Gasteiger partial charge in [-0.1, -0.05) is 18.2 Å². The maximum atomic E-state index is 11.4. The third-order valence-corrected chi connectivity index (χ3v) is 4.57. The van der Waals surface area contributed by atoms with Crippen molar-refractivity contribution in [2.75, 3.05) is 20.1 Å². The van der Waals surface area contributed by atoms with Crippen LogP contribution in [0.15, 0.2) is 41.7 Å². The number of benzene rings is 1. The van der Waals surface area contributed by atoms with Gasteiger partial charge in [-0.05, 0) is 25.0 Å². The number of nitrogens with zero attached hydrogens (tertiary/aromatic N) is 5. The Morgan fingerprint density at radius 1 is 1.26 bits per heavy atom. The number of amides is 1. The van der Waals surface area contributed by atoms with Crippen molar-refractivity contribution in [1.29, 1.82) is 0 Å². The first kappa shape index (κ1) is 21.1. The Labute approximate surface area is 176 Å². The van der Waals surface area contributed by atoms with Gasteiger partial charge in [0.05, 0.1) is 6.54 Å². The number of hydrogen-bond donors (Lipinski definition) is 2. The van der Waals surface area contributed by atoms with Crippen molar-refractivity contribution in [2.45, 2.75) is 32.4 Å². The molecule has 0 radical (unpaired) electrons. The summed E-state index contributed by atoms with van der Waals surface area (Å²) in [6.45, 7) is 3.70. The largest absolute Gasteiger partial charge is 0.354 e. The van der Waals surface area contributed by atoms with Gasteiger partial charge in [0.15, 0.2) is 11.8 Å². The van der Waals surface area contributed by atoms with E-state index in [0.717, 1.165) is 43.4 Å². The van der Waals surface area contributed by atoms with E-state index in [1.54, 1.807) is 20.3 Å². The molecule has 0 spiro atoms. The molecule has 1 aliphatic heterocycles. The number of carbonyl (C=O) groups is 1. The number of piperidine rings is 1. The molecule has 1 saturated heterocycles. The Kier molecular flexibility index (Phi) is 8.01. The topological polar surface area (TPSA) is 87.4 Å². The fraction of sp³-hybridized carbons (Fsp3) is 0.444. The van der Waals surface area contributed by atoms with Crippen LogP contribution in [0.2, 0.25) is 0 Å². The van der Waals surface area contributed by atoms with Gasteiger partial charge in [0.1, 0.15) is 6.33 Å². The average molecular weight is 483 g/mol. The fourth-order valence-electron chi connectivity index (χ4n) is 3.07. The zero-order valence-corrected chi connectivity index (χ0v) is 18.0. The van der Waals surface area contributed by atoms with E-state index < -0.39 is 0 Å². The second-order valence-corrected chi connectivity index (χ2v) is 6.30. The quantitative estimate of drug-likeness (QED) is 0.392. The summed E-state index contributed by atoms with van der Waals surface area (Å²) in [7, 11) is 1.75. The summed E-state index contributed by atoms with van der Waals surface area (Å²) in [5.41, 5.74) is 1.02. The van der Waals surface area contributed by atoms with Gasteiger partial charge in [0.25, 0.3) is 0 Å². The Morgan fingerprint density at radius 3 is 2.59 bits per heavy atom. The van der Waals surface area contributed by atoms with E-state index in [4.69, 9.17) is 0 Å². The van der Waals surface area contributed by atoms with E-state index in [1.807, 2.05) is 39.8 Å². The van der Waals surface area contributed by atoms with Crippen LogP contribution in [0.5, 0.6) is 0 Å². The molecule has 9 heteroatoms. The molecule has 27 heavy (non-hydrogen) atoms. The zero-order chi connectivity index (χ0) is 18.4. The first-order chi connectivity index (χ1) is 12.7. The number of aliphatic imine (C=N–C) groups is 1. The van der Waals surface area contributed by atoms with Crippen molar-refractivity contribution >= 4 is 35.8 Å². The van der Waals surface area contributed by atoms with Crippen LogP contribution >= 0.6 is 24.0 Å². The lowest BCUT2D eigenvalue weighted by Gasteiger charge is -2.32. The van der Waals surface area contributed by atoms with Crippen LogP contribution in [0.3, 0.4) is 0 Å². The maximum Gasteiger partial charge on any atom is 0.219 e. The number of guanidine groups is 1. The minimum Gasteiger partial charge on any atom is -0.354 e. The number of hydrogen-bond acceptors (Lipinski definition) is 4. The molecular formula is C18H26IN7O. The highest BCUT2D eigenvalue weighted by atomic mass is 127. The molecule has 1 aromatic heterocycles. The van der Waals surface area contributed by atoms with E-state index in [0.29, 0.717) is 12.6 Å². The van der Waals surface area contributed by atoms with E-state index in [1.165, 1.54) is 0 Å². The second-order valence-electron chi connectivity index (χ2n) is 6.30. The zero-order valence-electron chi connectivity index (χ0n) is 15.6. The van der Waals surface area contributed by atoms with E-state index >= 15 is 0 Å². The first-order valence-corrected chi connectivity index (χ1v) is 8.84. The standard InChI is InChI=1S/C18H25N7O.HI/c1-14(26)24-10-8-15(9-11-24)22-18(19-2)20-12-17-23-21-13-25(17)16-6-4-3-5-7-16;/h3-7,13,15H,8-12H2,1-2H3,(H2,19,20,22);1H. The molecular weight excluding hydrogens is 457 g/mol. The Bertz CT molecular complexity index is 754. The minimum atomic E-state index is 0. The van der Waals surface area contributed by atoms with Gasteiger partial charge in [-0.25, -0.2) is 0 Å². The highest BCUT2D eigenvalue weighted by Gasteiger charge is 2.21. The van der Waals surface area contributed by atoms with Crippen LogP contribution in [-0.4, -0.2) is 57.7 Å². The summed E-state index contributed by atoms with van der Waals surface area (Å²) in [4.78, 5) is 17.6. The smallest absolute Gasteiger partial charge is 0.219 e. The van der Waals surface area contributed by atoms with Gasteiger partial charge in [0.2, 0.25) is 5.91 Å². The lowest BCUT2D eigenvalue weighted by molar-refractivity contribution is -0.129. The van der Waals surface area contributed by atoms with Crippen LogP contribution in [0, 0.1) is 0 Å². The maximum absolute atomic E-state index is 11.4. The van der Waals surface area contributed by atoms with Gasteiger partial charge in [-0.15, -0.1) is 34.2 Å². The van der Waals surface area contributed by atoms with E-state index in [9.17, 15) is 4.79 Å². The molecule has 3 rings (SSSR count). The predicted octanol–water partition coefficient (Wildman–Crippen LogP) is 1.56. The molecule has 2 aromatic rings. The summed E-state index contributed by atoms with van der Waals surface area (Å²) in [5.74, 6) is 1.69. The van der Waals surface area contributed by atoms with Crippen LogP contribution in [-0.2, 0) is 11.3 Å². The number of carbonyl (C=O) groups excluding carboxylic acids is 1. The predicted molar refractivity (Wildman–Crippen MR) is 115 cm³/mol. The molecule has 8 nitrogen and oxygen atoms in total. The molecule has 0 unspecified atom stereocenters. The first-order valence-electron chi connectivity index (χ1n) is 8.84. The van der Waals surface area contributed by atoms with Gasteiger partial charge in [-0.2, -0.15) is 0 Å². The summed E-state index contributed by atoms with van der Waals surface area (Å²) >= 11 is 0. The average Bonchev–Trinajstić information content (AvgIpc) is 3.14. The highest BCUT2D eigenvalue weighted by Crippen LogP contribution is 2.11. The molecule has 0 aliphatic carbocycles. The van der Waals surface area contributed by atoms with E-state index in [-0.39, 0.29) is 29.9 Å². The number of aromatic nitrogens is 3. The van der Waals surface area contributed by atoms with Gasteiger partial charge >= 0.3 is 0 Å². The SMILES string of the molecule is CN=C(NCc1nncn1-c1ccccc1)NC1CCN(C(C)=O)CC1.I. The monoisotopic (exact) mass is 483 g/mol. The van der Waals surface area contributed by atoms with Crippen LogP contribution < -0.4 is 10.6 Å². The minimum absolute atomic E-state index is 0. The molecule has 146 valence electrons. The molecule has 0 bridgehead atoms. The van der Waals surface area contributed by atoms with Gasteiger partial charge < -0.3 is 15.5 Å². The molecule has 0 saturated carbocycles. The highest BCUT2D eigenvalue weighted by molar-refractivity contribution is 14.0. The second kappa shape index (κ2) is 10.2. The third kappa shape index (κ3) is 5.65. The van der Waals surface area contributed by atoms with Gasteiger partial charge in [-0.3, -0.25) is 14.4 Å². The molecule has 2 heterocycles. The number of halogens is 1. The van der Waals surface area contributed by atoms with Crippen LogP contribution in [0.4, 0.5) is 0 Å². The van der Waals surface area contributed by atoms with Crippen molar-refractivity contribution in [3.63, 3.8) is 0 Å². The van der Waals surface area contributed by atoms with Crippen molar-refractivity contribution < 1.29 is 4.79 Å². The Hall–Kier alpha value is -2.17. The van der Waals surface area contributed by atoms with Crippen molar-refractivity contribution in [3.8, 4) is 5.69 Å². The van der Waals surface area contributed by atoms with Crippen LogP contribution in [0.1, 0.15) is 25.6 Å². The molecule has 0 atom stereocenters. The summed E-state index contributed by atoms with van der Waals surface area (Å²) in [6.07, 6.45) is 3.54. The number of likely N-dealkylation sites (tertiary alicyclic amines) is 1. The molecule has 1 aliphatic rings. The summed E-state index contributed by atoms with van der Waals surface area (Å²) in [6, 6.07) is 10.3. The van der Waals surface area contributed by atoms with Crippen molar-refractivity contribution in [3.05, 3.63) is 42.5 Å². The molecule has 1 fully saturated rings. The van der Waals surface area contributed by atoms with Crippen molar-refractivity contribution in [1.82, 2.24) is 30.3 Å². The van der Waals surface area contributed by atoms with Crippen LogP contribution in [0.25, 0.3) is 5.69 Å². The van der Waals surface area contributed by atoms with E-state index in [2.05, 4.69) is 25.8 Å². The third-order valence-electron chi connectivity index (χ3n) is 4.57. The van der Waals surface area contributed by atoms with Gasteiger partial charge in [0, 0.05) is 38.8 Å². The number of nitrogens with one attached hydrogen (secondary N) is 2. The summed E-state index contributed by atoms with van der Waals surface area (Å²) < 4.78 is 1.95. The Morgan fingerprint density at radius 2 is 1.96 bits per heavy atom.